The molecule has 0 saturated carbocycles. The molecule has 0 fully saturated rings. The average molecular weight is 531 g/mol. The Balaban J connectivity index is 1.29. The van der Waals surface area contributed by atoms with Crippen LogP contribution in [-0.4, -0.2) is 38.4 Å². The summed E-state index contributed by atoms with van der Waals surface area (Å²) < 4.78 is 41.8. The van der Waals surface area contributed by atoms with E-state index in [9.17, 15) is 22.8 Å². The molecule has 1 aliphatic heterocycles. The Morgan fingerprint density at radius 3 is 2.46 bits per heavy atom. The Morgan fingerprint density at radius 1 is 0.974 bits per heavy atom. The summed E-state index contributed by atoms with van der Waals surface area (Å²) in [6, 6.07) is 11.2. The molecule has 0 atom stereocenters. The predicted molar refractivity (Wildman–Crippen MR) is 139 cm³/mol. The smallest absolute Gasteiger partial charge is 0.267 e. The van der Waals surface area contributed by atoms with Gasteiger partial charge in [0.05, 0.1) is 17.8 Å². The van der Waals surface area contributed by atoms with Crippen LogP contribution in [0.25, 0.3) is 22.6 Å². The highest BCUT2D eigenvalue weighted by molar-refractivity contribution is 5.93. The van der Waals surface area contributed by atoms with Crippen LogP contribution < -0.4 is 10.9 Å². The molecule has 1 N–H and O–H groups in total. The summed E-state index contributed by atoms with van der Waals surface area (Å²) in [5, 5.41) is 7.01. The minimum Gasteiger partial charge on any atom is -0.352 e. The molecule has 0 bridgehead atoms. The molecular weight excluding hydrogens is 509 g/mol. The lowest BCUT2D eigenvalue weighted by molar-refractivity contribution is 0.0953. The first-order valence-corrected chi connectivity index (χ1v) is 12.0. The standard InChI is InChI=1S/C28H21F3N6O2/c29-22-12-19(13-23(30)26(22)31)24-6-7-25(38)37(36-24)16-17-3-1-4-18(11-17)27-34-14-20(15-35-27)28(39)33-10-8-21-5-2-9-32-21/h1,3-7,9,11-15H,2,8,10,16H2,(H,33,39). The van der Waals surface area contributed by atoms with E-state index in [-0.39, 0.29) is 23.7 Å². The van der Waals surface area contributed by atoms with Crippen molar-refractivity contribution < 1.29 is 18.0 Å². The lowest BCUT2D eigenvalue weighted by Crippen LogP contribution is -2.25. The Kier molecular flexibility index (Phi) is 7.39. The Labute approximate surface area is 220 Å². The summed E-state index contributed by atoms with van der Waals surface area (Å²) >= 11 is 0. The SMILES string of the molecule is O=C(NCCC1=CCC=N1)c1cnc(-c2cccc(Cn3nc(-c4cc(F)c(F)c(F)c4)ccc3=O)c2)nc1. The van der Waals surface area contributed by atoms with Crippen molar-refractivity contribution in [3.63, 3.8) is 0 Å². The summed E-state index contributed by atoms with van der Waals surface area (Å²) in [4.78, 5) is 37.6. The van der Waals surface area contributed by atoms with Crippen LogP contribution in [0.4, 0.5) is 13.2 Å². The van der Waals surface area contributed by atoms with Crippen LogP contribution in [0.5, 0.6) is 0 Å². The number of nitrogens with zero attached hydrogens (tertiary/aromatic N) is 5. The third kappa shape index (κ3) is 5.98. The fraction of sp³-hybridized carbons (Fsp3) is 0.143. The fourth-order valence-electron chi connectivity index (χ4n) is 3.98. The van der Waals surface area contributed by atoms with Crippen molar-refractivity contribution in [2.75, 3.05) is 6.54 Å². The van der Waals surface area contributed by atoms with E-state index in [0.717, 1.165) is 28.9 Å². The molecule has 1 amide bonds. The normalized spacial score (nSPS) is 12.4. The van der Waals surface area contributed by atoms with Gasteiger partial charge < -0.3 is 5.32 Å². The molecule has 3 heterocycles. The second kappa shape index (κ2) is 11.2. The number of allylic oxidation sites excluding steroid dienone is 1. The van der Waals surface area contributed by atoms with Crippen molar-refractivity contribution in [2.24, 2.45) is 4.99 Å². The van der Waals surface area contributed by atoms with Gasteiger partial charge in [0.15, 0.2) is 23.3 Å². The number of carbonyl (C=O) groups is 1. The quantitative estimate of drug-likeness (QED) is 0.342. The molecule has 0 spiro atoms. The second-order valence-corrected chi connectivity index (χ2v) is 8.71. The molecule has 196 valence electrons. The Hall–Kier alpha value is -4.93. The molecule has 0 unspecified atom stereocenters. The molecule has 4 aromatic rings. The van der Waals surface area contributed by atoms with Crippen LogP contribution in [-0.2, 0) is 6.54 Å². The maximum atomic E-state index is 13.7. The summed E-state index contributed by atoms with van der Waals surface area (Å²) in [5.41, 5.74) is 2.27. The number of hydrogen-bond acceptors (Lipinski definition) is 6. The fourth-order valence-corrected chi connectivity index (χ4v) is 3.98. The Morgan fingerprint density at radius 2 is 1.74 bits per heavy atom. The molecule has 1 aliphatic rings. The molecular formula is C28H21F3N6O2. The zero-order valence-electron chi connectivity index (χ0n) is 20.4. The van der Waals surface area contributed by atoms with Gasteiger partial charge in [-0.2, -0.15) is 5.10 Å². The summed E-state index contributed by atoms with van der Waals surface area (Å²) in [5.74, 6) is -4.18. The van der Waals surface area contributed by atoms with Crippen LogP contribution in [0, 0.1) is 17.5 Å². The molecule has 5 rings (SSSR count). The van der Waals surface area contributed by atoms with E-state index in [2.05, 4.69) is 25.4 Å². The van der Waals surface area contributed by atoms with Crippen molar-refractivity contribution >= 4 is 12.1 Å². The Bertz CT molecular complexity index is 1640. The van der Waals surface area contributed by atoms with Crippen LogP contribution in [0.3, 0.4) is 0 Å². The highest BCUT2D eigenvalue weighted by atomic mass is 19.2. The van der Waals surface area contributed by atoms with E-state index in [1.807, 2.05) is 12.3 Å². The highest BCUT2D eigenvalue weighted by Crippen LogP contribution is 2.22. The average Bonchev–Trinajstić information content (AvgIpc) is 3.46. The van der Waals surface area contributed by atoms with E-state index in [4.69, 9.17) is 0 Å². The maximum absolute atomic E-state index is 13.7. The van der Waals surface area contributed by atoms with Crippen LogP contribution in [0.15, 0.2) is 82.5 Å². The first-order chi connectivity index (χ1) is 18.9. The van der Waals surface area contributed by atoms with Gasteiger partial charge in [-0.1, -0.05) is 24.3 Å². The molecule has 0 radical (unpaired) electrons. The number of hydrogen-bond donors (Lipinski definition) is 1. The van der Waals surface area contributed by atoms with Crippen molar-refractivity contribution in [3.8, 4) is 22.6 Å². The summed E-state index contributed by atoms with van der Waals surface area (Å²) in [6.45, 7) is 0.499. The van der Waals surface area contributed by atoms with Crippen molar-refractivity contribution in [2.45, 2.75) is 19.4 Å². The van der Waals surface area contributed by atoms with Gasteiger partial charge in [0.2, 0.25) is 0 Å². The van der Waals surface area contributed by atoms with Gasteiger partial charge in [-0.15, -0.1) is 0 Å². The molecule has 39 heavy (non-hydrogen) atoms. The summed E-state index contributed by atoms with van der Waals surface area (Å²) in [6.07, 6.45) is 8.17. The van der Waals surface area contributed by atoms with E-state index in [1.165, 1.54) is 24.5 Å². The lowest BCUT2D eigenvalue weighted by atomic mass is 10.1. The lowest BCUT2D eigenvalue weighted by Gasteiger charge is -2.09. The number of aliphatic imine (C=N–C) groups is 1. The maximum Gasteiger partial charge on any atom is 0.267 e. The van der Waals surface area contributed by atoms with Crippen molar-refractivity contribution in [1.82, 2.24) is 25.1 Å². The van der Waals surface area contributed by atoms with Crippen LogP contribution in [0.2, 0.25) is 0 Å². The number of benzene rings is 2. The molecule has 8 nitrogen and oxygen atoms in total. The third-order valence-corrected chi connectivity index (χ3v) is 5.96. The number of amides is 1. The van der Waals surface area contributed by atoms with Gasteiger partial charge in [0.25, 0.3) is 11.5 Å². The number of aromatic nitrogens is 4. The van der Waals surface area contributed by atoms with E-state index >= 15 is 0 Å². The van der Waals surface area contributed by atoms with Gasteiger partial charge in [0.1, 0.15) is 0 Å². The number of halogens is 3. The highest BCUT2D eigenvalue weighted by Gasteiger charge is 2.14. The van der Waals surface area contributed by atoms with Crippen LogP contribution >= 0.6 is 0 Å². The largest absolute Gasteiger partial charge is 0.352 e. The van der Waals surface area contributed by atoms with E-state index in [0.29, 0.717) is 35.5 Å². The second-order valence-electron chi connectivity index (χ2n) is 8.71. The van der Waals surface area contributed by atoms with Gasteiger partial charge in [0, 0.05) is 60.9 Å². The number of nitrogens with one attached hydrogen (secondary N) is 1. The van der Waals surface area contributed by atoms with Gasteiger partial charge in [-0.3, -0.25) is 14.6 Å². The van der Waals surface area contributed by atoms with Crippen molar-refractivity contribution in [1.29, 1.82) is 0 Å². The molecule has 0 saturated heterocycles. The molecule has 2 aromatic heterocycles. The topological polar surface area (TPSA) is 102 Å². The molecule has 0 aliphatic carbocycles. The molecule has 2 aromatic carbocycles. The zero-order valence-corrected chi connectivity index (χ0v) is 20.4. The third-order valence-electron chi connectivity index (χ3n) is 5.96. The minimum absolute atomic E-state index is 0.00412. The number of rotatable bonds is 8. The summed E-state index contributed by atoms with van der Waals surface area (Å²) in [7, 11) is 0. The minimum atomic E-state index is -1.58. The van der Waals surface area contributed by atoms with E-state index in [1.54, 1.807) is 24.3 Å². The van der Waals surface area contributed by atoms with E-state index < -0.39 is 23.0 Å². The predicted octanol–water partition coefficient (Wildman–Crippen LogP) is 4.31. The number of carbonyl (C=O) groups excluding carboxylic acids is 1. The van der Waals surface area contributed by atoms with Gasteiger partial charge >= 0.3 is 0 Å². The van der Waals surface area contributed by atoms with Gasteiger partial charge in [-0.05, 0) is 29.8 Å². The van der Waals surface area contributed by atoms with Crippen molar-refractivity contribution in [3.05, 3.63) is 112 Å². The van der Waals surface area contributed by atoms with Crippen LogP contribution in [0.1, 0.15) is 28.8 Å². The molecule has 11 heteroatoms. The zero-order chi connectivity index (χ0) is 27.4. The monoisotopic (exact) mass is 530 g/mol. The van der Waals surface area contributed by atoms with Gasteiger partial charge in [-0.25, -0.2) is 27.8 Å². The first-order valence-electron chi connectivity index (χ1n) is 12.0. The first kappa shape index (κ1) is 25.7.